The van der Waals surface area contributed by atoms with Crippen LogP contribution in [0.3, 0.4) is 0 Å². The van der Waals surface area contributed by atoms with E-state index >= 15 is 0 Å². The molecule has 0 unspecified atom stereocenters. The molecular weight excluding hydrogens is 492 g/mol. The topological polar surface area (TPSA) is 120 Å². The minimum Gasteiger partial charge on any atom is -0.504 e. The second kappa shape index (κ2) is 8.52. The number of aromatic nitrogens is 1. The number of benzene rings is 1. The van der Waals surface area contributed by atoms with Gasteiger partial charge in [-0.1, -0.05) is 23.2 Å². The molecule has 0 atom stereocenters. The molecule has 2 heterocycles. The monoisotopic (exact) mass is 504 g/mol. The Labute approximate surface area is 193 Å². The Morgan fingerprint density at radius 1 is 1.12 bits per heavy atom. The molecule has 1 saturated heterocycles. The Bertz CT molecular complexity index is 1160. The number of rotatable bonds is 3. The number of nitrogens with zero attached hydrogens (tertiary/aromatic N) is 3. The highest BCUT2D eigenvalue weighted by Gasteiger charge is 2.47. The molecule has 9 nitrogen and oxygen atoms in total. The van der Waals surface area contributed by atoms with Gasteiger partial charge in [0.1, 0.15) is 0 Å². The van der Waals surface area contributed by atoms with Gasteiger partial charge in [0.2, 0.25) is 5.91 Å². The average Bonchev–Trinajstić information content (AvgIpc) is 2.74. The number of carbonyl (C=O) groups is 4. The van der Waals surface area contributed by atoms with Gasteiger partial charge in [0.25, 0.3) is 11.8 Å². The summed E-state index contributed by atoms with van der Waals surface area (Å²) in [5, 5.41) is 11.9. The van der Waals surface area contributed by atoms with Gasteiger partial charge < -0.3 is 10.4 Å². The molecule has 1 aliphatic heterocycles. The van der Waals surface area contributed by atoms with E-state index in [9.17, 15) is 37.5 Å². The average molecular weight is 505 g/mol. The molecule has 174 valence electrons. The molecule has 0 aliphatic carbocycles. The van der Waals surface area contributed by atoms with Gasteiger partial charge in [-0.25, -0.2) is 4.79 Å². The van der Waals surface area contributed by atoms with Crippen LogP contribution in [-0.2, 0) is 20.6 Å². The van der Waals surface area contributed by atoms with Crippen molar-refractivity contribution in [2.45, 2.75) is 6.18 Å². The van der Waals surface area contributed by atoms with Gasteiger partial charge in [0, 0.05) is 25.9 Å². The van der Waals surface area contributed by atoms with Crippen molar-refractivity contribution in [2.24, 2.45) is 5.92 Å². The number of hydrogen-bond donors (Lipinski definition) is 2. The summed E-state index contributed by atoms with van der Waals surface area (Å²) in [7, 11) is 2.18. The molecule has 1 aliphatic rings. The van der Waals surface area contributed by atoms with Gasteiger partial charge in [0.05, 0.1) is 27.0 Å². The van der Waals surface area contributed by atoms with Gasteiger partial charge in [0.15, 0.2) is 11.7 Å². The number of alkyl halides is 3. The molecule has 0 bridgehead atoms. The zero-order chi connectivity index (χ0) is 24.8. The fraction of sp³-hybridized carbons (Fsp3) is 0.211. The standard InChI is InChI=1S/C19H13Cl2F3N4O5/c1-27-16(31)12(17(32)28(2)18(27)33)15(30)26-10-5-8(20)11(13(21)14(10)29)9-4-3-7(6-25-9)19(22,23)24/h3-6,12,29H,1-2H3,(H,26,30). The number of barbiturate groups is 1. The van der Waals surface area contributed by atoms with Crippen LogP contribution in [0.15, 0.2) is 24.4 Å². The summed E-state index contributed by atoms with van der Waals surface area (Å²) in [5.74, 6) is -5.98. The van der Waals surface area contributed by atoms with E-state index in [4.69, 9.17) is 23.2 Å². The quantitative estimate of drug-likeness (QED) is 0.488. The van der Waals surface area contributed by atoms with Crippen LogP contribution in [-0.4, -0.2) is 57.7 Å². The minimum absolute atomic E-state index is 0.0921. The van der Waals surface area contributed by atoms with E-state index in [2.05, 4.69) is 10.3 Å². The summed E-state index contributed by atoms with van der Waals surface area (Å²) in [6, 6.07) is 1.84. The number of hydrogen-bond acceptors (Lipinski definition) is 6. The molecule has 14 heteroatoms. The van der Waals surface area contributed by atoms with Crippen molar-refractivity contribution in [1.29, 1.82) is 0 Å². The molecule has 1 aromatic heterocycles. The predicted octanol–water partition coefficient (Wildman–Crippen LogP) is 3.38. The SMILES string of the molecule is CN1C(=O)C(C(=O)Nc2cc(Cl)c(-c3ccc(C(F)(F)F)cn3)c(Cl)c2O)C(=O)N(C)C1=O. The number of amides is 5. The summed E-state index contributed by atoms with van der Waals surface area (Å²) in [5.41, 5.74) is -1.60. The first kappa shape index (κ1) is 24.3. The molecule has 5 amide bonds. The van der Waals surface area contributed by atoms with Crippen LogP contribution in [0.4, 0.5) is 23.7 Å². The van der Waals surface area contributed by atoms with Crippen LogP contribution in [0.5, 0.6) is 5.75 Å². The highest BCUT2D eigenvalue weighted by molar-refractivity contribution is 6.41. The number of pyridine rings is 1. The van der Waals surface area contributed by atoms with Gasteiger partial charge in [-0.05, 0) is 18.2 Å². The molecule has 0 spiro atoms. The van der Waals surface area contributed by atoms with Crippen molar-refractivity contribution in [1.82, 2.24) is 14.8 Å². The third-order valence-electron chi connectivity index (χ3n) is 4.79. The first-order valence-electron chi connectivity index (χ1n) is 8.90. The summed E-state index contributed by atoms with van der Waals surface area (Å²) in [6.45, 7) is 0. The van der Waals surface area contributed by atoms with Crippen molar-refractivity contribution in [3.8, 4) is 17.0 Å². The second-order valence-electron chi connectivity index (χ2n) is 6.87. The largest absolute Gasteiger partial charge is 0.504 e. The molecule has 2 N–H and O–H groups in total. The lowest BCUT2D eigenvalue weighted by molar-refractivity contribution is -0.151. The van der Waals surface area contributed by atoms with E-state index < -0.39 is 52.2 Å². The Morgan fingerprint density at radius 3 is 2.18 bits per heavy atom. The lowest BCUT2D eigenvalue weighted by Crippen LogP contribution is -2.59. The Kier molecular flexibility index (Phi) is 6.27. The minimum atomic E-state index is -4.61. The smallest absolute Gasteiger partial charge is 0.417 e. The number of carbonyl (C=O) groups excluding carboxylic acids is 4. The number of anilines is 1. The summed E-state index contributed by atoms with van der Waals surface area (Å²) >= 11 is 12.3. The van der Waals surface area contributed by atoms with Crippen LogP contribution in [0, 0.1) is 5.92 Å². The summed E-state index contributed by atoms with van der Waals surface area (Å²) < 4.78 is 38.3. The van der Waals surface area contributed by atoms with Crippen molar-refractivity contribution in [2.75, 3.05) is 19.4 Å². The number of imide groups is 2. The van der Waals surface area contributed by atoms with Crippen molar-refractivity contribution in [3.05, 3.63) is 40.0 Å². The lowest BCUT2D eigenvalue weighted by atomic mass is 10.0. The number of halogens is 5. The number of aromatic hydroxyl groups is 1. The van der Waals surface area contributed by atoms with Crippen molar-refractivity contribution >= 4 is 52.6 Å². The predicted molar refractivity (Wildman–Crippen MR) is 109 cm³/mol. The Balaban J connectivity index is 1.93. The molecule has 1 fully saturated rings. The highest BCUT2D eigenvalue weighted by atomic mass is 35.5. The third-order valence-corrected chi connectivity index (χ3v) is 5.45. The molecule has 1 aromatic carbocycles. The highest BCUT2D eigenvalue weighted by Crippen LogP contribution is 2.44. The number of phenols is 1. The van der Waals surface area contributed by atoms with E-state index in [0.29, 0.717) is 16.0 Å². The Morgan fingerprint density at radius 2 is 1.70 bits per heavy atom. The number of urea groups is 1. The zero-order valence-corrected chi connectivity index (χ0v) is 18.2. The van der Waals surface area contributed by atoms with Crippen LogP contribution >= 0.6 is 23.2 Å². The van der Waals surface area contributed by atoms with E-state index in [-0.39, 0.29) is 22.0 Å². The van der Waals surface area contributed by atoms with Gasteiger partial charge in [-0.15, -0.1) is 0 Å². The summed E-state index contributed by atoms with van der Waals surface area (Å²) in [4.78, 5) is 53.8. The molecule has 3 rings (SSSR count). The zero-order valence-electron chi connectivity index (χ0n) is 16.7. The van der Waals surface area contributed by atoms with Crippen LogP contribution in [0.2, 0.25) is 10.0 Å². The van der Waals surface area contributed by atoms with Gasteiger partial charge in [-0.2, -0.15) is 13.2 Å². The lowest BCUT2D eigenvalue weighted by Gasteiger charge is -2.32. The molecule has 0 saturated carbocycles. The normalized spacial score (nSPS) is 15.3. The maximum atomic E-state index is 12.8. The fourth-order valence-corrected chi connectivity index (χ4v) is 3.63. The second-order valence-corrected chi connectivity index (χ2v) is 7.66. The number of nitrogens with one attached hydrogen (secondary N) is 1. The van der Waals surface area contributed by atoms with Crippen molar-refractivity contribution in [3.63, 3.8) is 0 Å². The first-order chi connectivity index (χ1) is 15.3. The molecule has 33 heavy (non-hydrogen) atoms. The molecule has 0 radical (unpaired) electrons. The van der Waals surface area contributed by atoms with Gasteiger partial charge in [-0.3, -0.25) is 29.2 Å². The van der Waals surface area contributed by atoms with Crippen LogP contribution in [0.1, 0.15) is 5.56 Å². The van der Waals surface area contributed by atoms with Crippen molar-refractivity contribution < 1.29 is 37.5 Å². The van der Waals surface area contributed by atoms with E-state index in [1.165, 1.54) is 0 Å². The van der Waals surface area contributed by atoms with Crippen LogP contribution in [0.25, 0.3) is 11.3 Å². The third kappa shape index (κ3) is 4.31. The fourth-order valence-electron chi connectivity index (χ4n) is 2.98. The maximum Gasteiger partial charge on any atom is 0.417 e. The molecular formula is C19H13Cl2F3N4O5. The first-order valence-corrected chi connectivity index (χ1v) is 9.65. The molecule has 2 aromatic rings. The van der Waals surface area contributed by atoms with Gasteiger partial charge >= 0.3 is 12.2 Å². The number of phenolic OH excluding ortho intramolecular Hbond substituents is 1. The van der Waals surface area contributed by atoms with E-state index in [1.807, 2.05) is 0 Å². The summed E-state index contributed by atoms with van der Waals surface area (Å²) in [6.07, 6.45) is -4.06. The van der Waals surface area contributed by atoms with E-state index in [1.54, 1.807) is 0 Å². The van der Waals surface area contributed by atoms with Crippen LogP contribution < -0.4 is 5.32 Å². The Hall–Kier alpha value is -3.38. The van der Waals surface area contributed by atoms with E-state index in [0.717, 1.165) is 32.3 Å². The maximum absolute atomic E-state index is 12.8.